The largest absolute Gasteiger partial charge is 0.309 e. The molecule has 1 nitrogen and oxygen atoms in total. The molecule has 0 heterocycles. The van der Waals surface area contributed by atoms with Crippen molar-refractivity contribution in [1.29, 1.82) is 0 Å². The standard InChI is InChI=1S/C52H49N/c1-32-19-10-12-22-36(32)40-31-35(30-29-33(40)2)53(43-28-18-21-34-20-11-13-23-37(34)43)49-47-44(38-24-14-16-26-41(38)51(47,6)7)46(50(3,4)5)45-39-25-15-17-27-42(39)52(8,9)48(45)49/h10-31H,1-9H3. The van der Waals surface area contributed by atoms with Crippen molar-refractivity contribution in [2.45, 2.75) is 78.6 Å². The normalized spacial score (nSPS) is 14.8. The van der Waals surface area contributed by atoms with Gasteiger partial charge in [0.1, 0.15) is 0 Å². The third-order valence-electron chi connectivity index (χ3n) is 12.4. The maximum absolute atomic E-state index is 2.66. The second-order valence-corrected chi connectivity index (χ2v) is 17.5. The molecule has 0 amide bonds. The van der Waals surface area contributed by atoms with Gasteiger partial charge in [-0.15, -0.1) is 0 Å². The molecular weight excluding hydrogens is 639 g/mol. The lowest BCUT2D eigenvalue weighted by atomic mass is 9.70. The van der Waals surface area contributed by atoms with Crippen LogP contribution < -0.4 is 4.90 Å². The summed E-state index contributed by atoms with van der Waals surface area (Å²) >= 11 is 0. The van der Waals surface area contributed by atoms with Gasteiger partial charge in [-0.05, 0) is 115 Å². The van der Waals surface area contributed by atoms with E-state index in [0.717, 1.165) is 0 Å². The summed E-state index contributed by atoms with van der Waals surface area (Å²) < 4.78 is 0. The second kappa shape index (κ2) is 11.5. The van der Waals surface area contributed by atoms with Gasteiger partial charge in [-0.3, -0.25) is 0 Å². The van der Waals surface area contributed by atoms with Crippen LogP contribution in [-0.2, 0) is 16.2 Å². The van der Waals surface area contributed by atoms with Crippen LogP contribution in [0.2, 0.25) is 0 Å². The Labute approximate surface area is 316 Å². The molecule has 0 atom stereocenters. The summed E-state index contributed by atoms with van der Waals surface area (Å²) in [5.41, 5.74) is 20.9. The van der Waals surface area contributed by atoms with Crippen LogP contribution in [0.1, 0.15) is 87.4 Å². The topological polar surface area (TPSA) is 3.24 Å². The maximum Gasteiger partial charge on any atom is 0.0556 e. The van der Waals surface area contributed by atoms with E-state index in [1.807, 2.05) is 0 Å². The minimum atomic E-state index is -0.256. The van der Waals surface area contributed by atoms with Crippen LogP contribution >= 0.6 is 0 Å². The summed E-state index contributed by atoms with van der Waals surface area (Å²) in [5, 5.41) is 2.49. The van der Waals surface area contributed by atoms with Crippen molar-refractivity contribution in [2.75, 3.05) is 4.90 Å². The third-order valence-corrected chi connectivity index (χ3v) is 12.4. The average Bonchev–Trinajstić information content (AvgIpc) is 3.52. The number of benzene rings is 7. The van der Waals surface area contributed by atoms with E-state index in [1.54, 1.807) is 0 Å². The number of nitrogens with zero attached hydrogens (tertiary/aromatic N) is 1. The first kappa shape index (κ1) is 33.4. The van der Waals surface area contributed by atoms with Gasteiger partial charge in [0, 0.05) is 21.9 Å². The van der Waals surface area contributed by atoms with Gasteiger partial charge in [0.05, 0.1) is 11.4 Å². The first-order chi connectivity index (χ1) is 25.3. The highest BCUT2D eigenvalue weighted by Crippen LogP contribution is 2.66. The fourth-order valence-corrected chi connectivity index (χ4v) is 9.93. The molecule has 7 aromatic carbocycles. The van der Waals surface area contributed by atoms with Crippen LogP contribution in [0.5, 0.6) is 0 Å². The summed E-state index contributed by atoms with van der Waals surface area (Å²) in [5.74, 6) is 0. The van der Waals surface area contributed by atoms with Crippen molar-refractivity contribution in [3.05, 3.63) is 172 Å². The molecule has 9 rings (SSSR count). The molecule has 2 aliphatic rings. The summed E-state index contributed by atoms with van der Waals surface area (Å²) in [4.78, 5) is 2.66. The summed E-state index contributed by atoms with van der Waals surface area (Å²) in [6.07, 6.45) is 0. The van der Waals surface area contributed by atoms with Crippen LogP contribution in [0.4, 0.5) is 17.1 Å². The number of hydrogen-bond acceptors (Lipinski definition) is 1. The molecule has 0 unspecified atom stereocenters. The summed E-state index contributed by atoms with van der Waals surface area (Å²) in [6.45, 7) is 21.6. The molecule has 2 aliphatic carbocycles. The van der Waals surface area contributed by atoms with Gasteiger partial charge >= 0.3 is 0 Å². The predicted octanol–water partition coefficient (Wildman–Crippen LogP) is 14.5. The second-order valence-electron chi connectivity index (χ2n) is 17.5. The minimum absolute atomic E-state index is 0.111. The van der Waals surface area contributed by atoms with Crippen LogP contribution in [0, 0.1) is 13.8 Å². The highest BCUT2D eigenvalue weighted by molar-refractivity contribution is 6.06. The highest BCUT2D eigenvalue weighted by Gasteiger charge is 2.50. The van der Waals surface area contributed by atoms with E-state index < -0.39 is 0 Å². The number of aryl methyl sites for hydroxylation is 2. The monoisotopic (exact) mass is 687 g/mol. The quantitative estimate of drug-likeness (QED) is 0.178. The van der Waals surface area contributed by atoms with Gasteiger partial charge in [0.2, 0.25) is 0 Å². The van der Waals surface area contributed by atoms with Crippen LogP contribution in [0.25, 0.3) is 44.2 Å². The summed E-state index contributed by atoms with van der Waals surface area (Å²) in [6, 6.07) is 50.1. The van der Waals surface area contributed by atoms with Gasteiger partial charge in [-0.1, -0.05) is 164 Å². The number of anilines is 3. The van der Waals surface area contributed by atoms with E-state index >= 15 is 0 Å². The molecule has 0 fully saturated rings. The Morgan fingerprint density at radius 1 is 0.491 bits per heavy atom. The highest BCUT2D eigenvalue weighted by atomic mass is 15.2. The molecule has 0 saturated carbocycles. The first-order valence-corrected chi connectivity index (χ1v) is 19.2. The molecule has 7 aromatic rings. The van der Waals surface area contributed by atoms with E-state index in [1.165, 1.54) is 100 Å². The maximum atomic E-state index is 2.66. The van der Waals surface area contributed by atoms with E-state index in [-0.39, 0.29) is 16.2 Å². The van der Waals surface area contributed by atoms with Crippen molar-refractivity contribution in [2.24, 2.45) is 0 Å². The first-order valence-electron chi connectivity index (χ1n) is 19.2. The lowest BCUT2D eigenvalue weighted by Crippen LogP contribution is -2.28. The van der Waals surface area contributed by atoms with E-state index in [0.29, 0.717) is 0 Å². The molecule has 53 heavy (non-hydrogen) atoms. The van der Waals surface area contributed by atoms with Crippen LogP contribution in [0.3, 0.4) is 0 Å². The van der Waals surface area contributed by atoms with Crippen molar-refractivity contribution in [1.82, 2.24) is 0 Å². The lowest BCUT2D eigenvalue weighted by molar-refractivity contribution is 0.587. The minimum Gasteiger partial charge on any atom is -0.309 e. The summed E-state index contributed by atoms with van der Waals surface area (Å²) in [7, 11) is 0. The van der Waals surface area contributed by atoms with Gasteiger partial charge in [-0.25, -0.2) is 0 Å². The smallest absolute Gasteiger partial charge is 0.0556 e. The Balaban J connectivity index is 1.52. The van der Waals surface area contributed by atoms with E-state index in [9.17, 15) is 0 Å². The molecule has 0 saturated heterocycles. The fourth-order valence-electron chi connectivity index (χ4n) is 9.93. The zero-order valence-corrected chi connectivity index (χ0v) is 32.6. The molecule has 0 aliphatic heterocycles. The Hall–Kier alpha value is -5.40. The van der Waals surface area contributed by atoms with Crippen LogP contribution in [-0.4, -0.2) is 0 Å². The number of fused-ring (bicyclic) bond motifs is 7. The Kier molecular flexibility index (Phi) is 7.29. The zero-order valence-electron chi connectivity index (χ0n) is 32.6. The number of hydrogen-bond donors (Lipinski definition) is 0. The fraction of sp³-hybridized carbons (Fsp3) is 0.231. The molecule has 0 bridgehead atoms. The molecule has 1 heteroatoms. The SMILES string of the molecule is Cc1ccccc1-c1cc(N(c2c3c(c(C(C)(C)C)c4c2C(C)(C)c2ccccc2-4)-c2ccccc2C3(C)C)c2cccc3ccccc23)ccc1C. The van der Waals surface area contributed by atoms with Crippen molar-refractivity contribution in [3.63, 3.8) is 0 Å². The van der Waals surface area contributed by atoms with Crippen molar-refractivity contribution >= 4 is 27.8 Å². The van der Waals surface area contributed by atoms with Gasteiger partial charge in [0.25, 0.3) is 0 Å². The van der Waals surface area contributed by atoms with Gasteiger partial charge < -0.3 is 4.90 Å². The molecular formula is C52H49N. The van der Waals surface area contributed by atoms with Crippen molar-refractivity contribution in [3.8, 4) is 33.4 Å². The molecule has 0 radical (unpaired) electrons. The molecule has 0 spiro atoms. The van der Waals surface area contributed by atoms with E-state index in [4.69, 9.17) is 0 Å². The Morgan fingerprint density at radius 3 is 1.60 bits per heavy atom. The van der Waals surface area contributed by atoms with Gasteiger partial charge in [-0.2, -0.15) is 0 Å². The zero-order chi connectivity index (χ0) is 37.0. The number of rotatable bonds is 4. The molecule has 262 valence electrons. The van der Waals surface area contributed by atoms with Crippen molar-refractivity contribution < 1.29 is 0 Å². The molecule has 0 aromatic heterocycles. The lowest BCUT2D eigenvalue weighted by Gasteiger charge is -2.40. The van der Waals surface area contributed by atoms with Gasteiger partial charge in [0.15, 0.2) is 0 Å². The predicted molar refractivity (Wildman–Crippen MR) is 227 cm³/mol. The van der Waals surface area contributed by atoms with Crippen LogP contribution in [0.15, 0.2) is 133 Å². The van der Waals surface area contributed by atoms with E-state index in [2.05, 4.69) is 201 Å². The Morgan fingerprint density at radius 2 is 1.00 bits per heavy atom. The molecule has 0 N–H and O–H groups in total. The Bertz CT molecular complexity index is 2530. The average molecular weight is 688 g/mol. The third kappa shape index (κ3) is 4.76.